The molecule has 0 saturated heterocycles. The molecule has 0 unspecified atom stereocenters. The monoisotopic (exact) mass is 377 g/mol. The summed E-state index contributed by atoms with van der Waals surface area (Å²) >= 11 is 0. The van der Waals surface area contributed by atoms with Crippen molar-refractivity contribution < 1.29 is 32.5 Å². The minimum Gasteiger partial charge on any atom is -0.493 e. The van der Waals surface area contributed by atoms with Gasteiger partial charge in [-0.2, -0.15) is 14.0 Å². The molecule has 0 saturated carbocycles. The number of alkyl halides is 2. The number of nitriles is 1. The second-order valence-corrected chi connectivity index (χ2v) is 5.37. The summed E-state index contributed by atoms with van der Waals surface area (Å²) in [6.07, 6.45) is -0.874. The van der Waals surface area contributed by atoms with Gasteiger partial charge in [0.25, 0.3) is 0 Å². The summed E-state index contributed by atoms with van der Waals surface area (Å²) in [5.41, 5.74) is 1.01. The zero-order valence-corrected chi connectivity index (χ0v) is 14.6. The first kappa shape index (κ1) is 20.0. The molecule has 0 aliphatic heterocycles. The van der Waals surface area contributed by atoms with Crippen molar-refractivity contribution in [2.45, 2.75) is 26.2 Å². The summed E-state index contributed by atoms with van der Waals surface area (Å²) in [5.74, 6) is -0.189. The van der Waals surface area contributed by atoms with Crippen LogP contribution in [0.4, 0.5) is 8.78 Å². The highest BCUT2D eigenvalue weighted by Crippen LogP contribution is 2.29. The summed E-state index contributed by atoms with van der Waals surface area (Å²) in [6.45, 7) is -1.53. The van der Waals surface area contributed by atoms with Crippen molar-refractivity contribution in [1.29, 1.82) is 5.26 Å². The number of hydrogen-bond donors (Lipinski definition) is 0. The van der Waals surface area contributed by atoms with Crippen LogP contribution in [-0.4, -0.2) is 25.8 Å². The van der Waals surface area contributed by atoms with Gasteiger partial charge in [-0.15, -0.1) is 0 Å². The van der Waals surface area contributed by atoms with Crippen LogP contribution in [-0.2, 0) is 16.1 Å². The molecule has 6 nitrogen and oxygen atoms in total. The van der Waals surface area contributed by atoms with Crippen LogP contribution in [0.15, 0.2) is 42.5 Å². The molecular formula is C19H17F2NO5. The topological polar surface area (TPSA) is 77.8 Å². The van der Waals surface area contributed by atoms with E-state index in [4.69, 9.17) is 19.5 Å². The maximum absolute atomic E-state index is 12.3. The molecule has 2 aromatic rings. The lowest BCUT2D eigenvalue weighted by Crippen LogP contribution is -2.26. The zero-order chi connectivity index (χ0) is 19.8. The Morgan fingerprint density at radius 2 is 1.81 bits per heavy atom. The van der Waals surface area contributed by atoms with Gasteiger partial charge in [-0.3, -0.25) is 0 Å². The Bertz CT molecular complexity index is 818. The van der Waals surface area contributed by atoms with E-state index in [0.717, 1.165) is 0 Å². The number of carbonyl (C=O) groups is 1. The highest BCUT2D eigenvalue weighted by molar-refractivity contribution is 5.74. The molecule has 8 heteroatoms. The molecule has 0 fully saturated rings. The van der Waals surface area contributed by atoms with E-state index in [-0.39, 0.29) is 18.1 Å². The Morgan fingerprint density at radius 1 is 1.11 bits per heavy atom. The molecule has 0 aliphatic rings. The van der Waals surface area contributed by atoms with E-state index < -0.39 is 18.7 Å². The van der Waals surface area contributed by atoms with E-state index in [1.54, 1.807) is 24.3 Å². The first-order valence-corrected chi connectivity index (χ1v) is 7.88. The quantitative estimate of drug-likeness (QED) is 0.653. The first-order chi connectivity index (χ1) is 12.9. The molecule has 0 aromatic heterocycles. The van der Waals surface area contributed by atoms with Crippen LogP contribution in [0.2, 0.25) is 0 Å². The van der Waals surface area contributed by atoms with E-state index in [2.05, 4.69) is 4.74 Å². The van der Waals surface area contributed by atoms with Gasteiger partial charge in [-0.1, -0.05) is 6.07 Å². The molecule has 27 heavy (non-hydrogen) atoms. The predicted molar refractivity (Wildman–Crippen MR) is 90.7 cm³/mol. The number of hydrogen-bond acceptors (Lipinski definition) is 6. The van der Waals surface area contributed by atoms with E-state index in [1.165, 1.54) is 32.2 Å². The second kappa shape index (κ2) is 9.38. The van der Waals surface area contributed by atoms with Crippen molar-refractivity contribution >= 4 is 5.97 Å². The van der Waals surface area contributed by atoms with Crippen molar-refractivity contribution in [3.8, 4) is 23.3 Å². The molecule has 0 radical (unpaired) electrons. The van der Waals surface area contributed by atoms with Crippen LogP contribution in [0, 0.1) is 11.3 Å². The van der Waals surface area contributed by atoms with Crippen LogP contribution in [0.3, 0.4) is 0 Å². The highest BCUT2D eigenvalue weighted by atomic mass is 19.3. The van der Waals surface area contributed by atoms with Gasteiger partial charge < -0.3 is 18.9 Å². The lowest BCUT2D eigenvalue weighted by molar-refractivity contribution is -0.152. The number of halogens is 2. The summed E-state index contributed by atoms with van der Waals surface area (Å²) < 4.78 is 44.6. The van der Waals surface area contributed by atoms with Crippen LogP contribution in [0.25, 0.3) is 0 Å². The van der Waals surface area contributed by atoms with Gasteiger partial charge in [0.2, 0.25) is 0 Å². The molecule has 2 rings (SSSR count). The minimum atomic E-state index is -2.97. The Labute approximate surface area is 154 Å². The van der Waals surface area contributed by atoms with E-state index in [1.807, 2.05) is 6.07 Å². The third kappa shape index (κ3) is 5.85. The predicted octanol–water partition coefficient (Wildman–Crippen LogP) is 3.68. The average molecular weight is 377 g/mol. The van der Waals surface area contributed by atoms with Crippen LogP contribution in [0.1, 0.15) is 18.1 Å². The molecular weight excluding hydrogens is 360 g/mol. The second-order valence-electron chi connectivity index (χ2n) is 5.37. The number of methoxy groups -OCH3 is 1. The van der Waals surface area contributed by atoms with Crippen molar-refractivity contribution in [2.75, 3.05) is 7.11 Å². The normalized spacial score (nSPS) is 11.4. The standard InChI is InChI=1S/C19H17F2NO5/c1-12(26-15-6-3-13(10-22)4-7-15)18(23)25-11-14-5-8-16(27-19(20)21)17(9-14)24-2/h3-9,12,19H,11H2,1-2H3/t12-/m0/s1. The van der Waals surface area contributed by atoms with Crippen molar-refractivity contribution in [3.63, 3.8) is 0 Å². The largest absolute Gasteiger partial charge is 0.493 e. The zero-order valence-electron chi connectivity index (χ0n) is 14.6. The summed E-state index contributed by atoms with van der Waals surface area (Å²) in [4.78, 5) is 12.1. The average Bonchev–Trinajstić information content (AvgIpc) is 2.67. The summed E-state index contributed by atoms with van der Waals surface area (Å²) in [6, 6.07) is 12.5. The maximum atomic E-state index is 12.3. The van der Waals surface area contributed by atoms with Gasteiger partial charge in [0.1, 0.15) is 12.4 Å². The fraction of sp³-hybridized carbons (Fsp3) is 0.263. The SMILES string of the molecule is COc1cc(COC(=O)[C@H](C)Oc2ccc(C#N)cc2)ccc1OC(F)F. The van der Waals surface area contributed by atoms with Gasteiger partial charge in [0, 0.05) is 0 Å². The lowest BCUT2D eigenvalue weighted by Gasteiger charge is -2.15. The van der Waals surface area contributed by atoms with Crippen LogP contribution < -0.4 is 14.2 Å². The smallest absolute Gasteiger partial charge is 0.387 e. The third-order valence-corrected chi connectivity index (χ3v) is 3.45. The molecule has 0 bridgehead atoms. The van der Waals surface area contributed by atoms with Crippen LogP contribution >= 0.6 is 0 Å². The first-order valence-electron chi connectivity index (χ1n) is 7.88. The third-order valence-electron chi connectivity index (χ3n) is 3.45. The number of esters is 1. The number of ether oxygens (including phenoxy) is 4. The molecule has 0 spiro atoms. The Kier molecular flexibility index (Phi) is 6.94. The molecule has 0 heterocycles. The van der Waals surface area contributed by atoms with Crippen molar-refractivity contribution in [2.24, 2.45) is 0 Å². The molecule has 0 amide bonds. The van der Waals surface area contributed by atoms with Crippen LogP contribution in [0.5, 0.6) is 17.2 Å². The summed E-state index contributed by atoms with van der Waals surface area (Å²) in [7, 11) is 1.32. The van der Waals surface area contributed by atoms with Crippen molar-refractivity contribution in [3.05, 3.63) is 53.6 Å². The van der Waals surface area contributed by atoms with Gasteiger partial charge >= 0.3 is 12.6 Å². The molecule has 142 valence electrons. The molecule has 1 atom stereocenters. The number of rotatable bonds is 8. The Hall–Kier alpha value is -3.34. The van der Waals surface area contributed by atoms with Crippen molar-refractivity contribution in [1.82, 2.24) is 0 Å². The van der Waals surface area contributed by atoms with Gasteiger partial charge in [0.15, 0.2) is 17.6 Å². The number of carbonyl (C=O) groups excluding carboxylic acids is 1. The van der Waals surface area contributed by atoms with Gasteiger partial charge in [0.05, 0.1) is 18.7 Å². The summed E-state index contributed by atoms with van der Waals surface area (Å²) in [5, 5.41) is 8.76. The highest BCUT2D eigenvalue weighted by Gasteiger charge is 2.17. The fourth-order valence-corrected chi connectivity index (χ4v) is 2.13. The number of nitrogens with zero attached hydrogens (tertiary/aromatic N) is 1. The maximum Gasteiger partial charge on any atom is 0.387 e. The molecule has 0 N–H and O–H groups in total. The Balaban J connectivity index is 1.92. The Morgan fingerprint density at radius 3 is 2.41 bits per heavy atom. The fourth-order valence-electron chi connectivity index (χ4n) is 2.13. The lowest BCUT2D eigenvalue weighted by atomic mass is 10.2. The van der Waals surface area contributed by atoms with Gasteiger partial charge in [-0.05, 0) is 48.9 Å². The molecule has 0 aliphatic carbocycles. The van der Waals surface area contributed by atoms with E-state index >= 15 is 0 Å². The van der Waals surface area contributed by atoms with Gasteiger partial charge in [-0.25, -0.2) is 4.79 Å². The molecule has 2 aromatic carbocycles. The minimum absolute atomic E-state index is 0.0920. The number of benzene rings is 2. The van der Waals surface area contributed by atoms with E-state index in [0.29, 0.717) is 16.9 Å². The van der Waals surface area contributed by atoms with E-state index in [9.17, 15) is 13.6 Å².